The fraction of sp³-hybridized carbons (Fsp3) is 0.545. The summed E-state index contributed by atoms with van der Waals surface area (Å²) in [5.41, 5.74) is 6.42. The monoisotopic (exact) mass is 226 g/mol. The Kier molecular flexibility index (Phi) is 4.29. The van der Waals surface area contributed by atoms with E-state index in [1.165, 1.54) is 9.75 Å². The van der Waals surface area contributed by atoms with E-state index in [1.807, 2.05) is 19.9 Å². The zero-order valence-corrected chi connectivity index (χ0v) is 10.3. The lowest BCUT2D eigenvalue weighted by Gasteiger charge is -2.14. The van der Waals surface area contributed by atoms with Crippen molar-refractivity contribution in [2.24, 2.45) is 5.73 Å². The summed E-state index contributed by atoms with van der Waals surface area (Å²) in [6.45, 7) is 6.94. The van der Waals surface area contributed by atoms with Crippen molar-refractivity contribution < 1.29 is 4.79 Å². The molecule has 1 atom stereocenters. The number of aryl methyl sites for hydroxylation is 2. The number of primary amides is 1. The minimum atomic E-state index is -0.338. The zero-order valence-electron chi connectivity index (χ0n) is 9.46. The van der Waals surface area contributed by atoms with E-state index in [-0.39, 0.29) is 11.9 Å². The van der Waals surface area contributed by atoms with Crippen LogP contribution in [0.1, 0.15) is 34.7 Å². The molecule has 3 nitrogen and oxygen atoms in total. The molecule has 3 N–H and O–H groups in total. The third-order valence-electron chi connectivity index (χ3n) is 2.27. The van der Waals surface area contributed by atoms with Crippen molar-refractivity contribution in [3.63, 3.8) is 0 Å². The highest BCUT2D eigenvalue weighted by molar-refractivity contribution is 7.12. The van der Waals surface area contributed by atoms with Crippen molar-refractivity contribution in [1.29, 1.82) is 0 Å². The number of hydrogen-bond acceptors (Lipinski definition) is 3. The molecule has 84 valence electrons. The summed E-state index contributed by atoms with van der Waals surface area (Å²) in [4.78, 5) is 13.7. The van der Waals surface area contributed by atoms with Gasteiger partial charge in [0.25, 0.3) is 0 Å². The molecule has 1 rings (SSSR count). The Hall–Kier alpha value is -0.870. The van der Waals surface area contributed by atoms with E-state index >= 15 is 0 Å². The molecule has 0 saturated carbocycles. The summed E-state index contributed by atoms with van der Waals surface area (Å²) < 4.78 is 0. The maximum Gasteiger partial charge on any atom is 0.239 e. The third-order valence-corrected chi connectivity index (χ3v) is 3.26. The predicted octanol–water partition coefficient (Wildman–Crippen LogP) is 1.89. The number of hydrogen-bond donors (Lipinski definition) is 2. The number of amides is 1. The number of nitrogens with one attached hydrogen (secondary N) is 1. The Balaban J connectivity index is 2.88. The summed E-state index contributed by atoms with van der Waals surface area (Å²) in [5.74, 6) is -0.302. The minimum Gasteiger partial charge on any atom is -0.368 e. The third kappa shape index (κ3) is 3.04. The van der Waals surface area contributed by atoms with E-state index in [2.05, 4.69) is 12.2 Å². The van der Waals surface area contributed by atoms with Crippen LogP contribution < -0.4 is 11.1 Å². The van der Waals surface area contributed by atoms with Crippen molar-refractivity contribution in [2.75, 3.05) is 6.54 Å². The van der Waals surface area contributed by atoms with Crippen molar-refractivity contribution in [3.8, 4) is 0 Å². The van der Waals surface area contributed by atoms with Gasteiger partial charge in [-0.05, 0) is 38.4 Å². The van der Waals surface area contributed by atoms with Crippen molar-refractivity contribution in [1.82, 2.24) is 5.32 Å². The van der Waals surface area contributed by atoms with Gasteiger partial charge in [-0.3, -0.25) is 4.79 Å². The van der Waals surface area contributed by atoms with Gasteiger partial charge in [-0.25, -0.2) is 0 Å². The van der Waals surface area contributed by atoms with Gasteiger partial charge in [0.15, 0.2) is 0 Å². The minimum absolute atomic E-state index is 0.302. The summed E-state index contributed by atoms with van der Waals surface area (Å²) in [7, 11) is 0. The first kappa shape index (κ1) is 12.2. The molecule has 0 radical (unpaired) electrons. The molecule has 0 aliphatic rings. The second-order valence-electron chi connectivity index (χ2n) is 3.66. The first-order chi connectivity index (χ1) is 7.06. The summed E-state index contributed by atoms with van der Waals surface area (Å²) in [5, 5.41) is 3.17. The molecule has 0 bridgehead atoms. The molecule has 4 heteroatoms. The Morgan fingerprint density at radius 1 is 1.60 bits per heavy atom. The fourth-order valence-electron chi connectivity index (χ4n) is 1.59. The molecule has 0 spiro atoms. The highest BCUT2D eigenvalue weighted by Gasteiger charge is 2.20. The van der Waals surface area contributed by atoms with Crippen LogP contribution in [-0.2, 0) is 4.79 Å². The molecule has 0 aromatic carbocycles. The summed E-state index contributed by atoms with van der Waals surface area (Å²) in [6.07, 6.45) is 0.992. The molecule has 1 heterocycles. The average Bonchev–Trinajstić information content (AvgIpc) is 2.46. The Morgan fingerprint density at radius 2 is 2.27 bits per heavy atom. The van der Waals surface area contributed by atoms with Crippen LogP contribution in [0.3, 0.4) is 0 Å². The molecule has 1 amide bonds. The maximum absolute atomic E-state index is 11.3. The van der Waals surface area contributed by atoms with Gasteiger partial charge in [0.05, 0.1) is 0 Å². The van der Waals surface area contributed by atoms with Gasteiger partial charge >= 0.3 is 0 Å². The van der Waals surface area contributed by atoms with E-state index in [9.17, 15) is 4.79 Å². The first-order valence-electron chi connectivity index (χ1n) is 5.16. The molecule has 0 saturated heterocycles. The van der Waals surface area contributed by atoms with Crippen LogP contribution in [0, 0.1) is 13.8 Å². The number of carbonyl (C=O) groups excluding carboxylic acids is 1. The van der Waals surface area contributed by atoms with Crippen molar-refractivity contribution in [2.45, 2.75) is 33.2 Å². The number of carbonyl (C=O) groups is 1. The van der Waals surface area contributed by atoms with Gasteiger partial charge < -0.3 is 11.1 Å². The zero-order chi connectivity index (χ0) is 11.4. The van der Waals surface area contributed by atoms with Crippen molar-refractivity contribution >= 4 is 17.2 Å². The van der Waals surface area contributed by atoms with Crippen LogP contribution in [0.25, 0.3) is 0 Å². The van der Waals surface area contributed by atoms with Crippen LogP contribution in [0.4, 0.5) is 0 Å². The molecule has 0 fully saturated rings. The van der Waals surface area contributed by atoms with E-state index in [1.54, 1.807) is 11.3 Å². The van der Waals surface area contributed by atoms with E-state index in [4.69, 9.17) is 5.73 Å². The van der Waals surface area contributed by atoms with Gasteiger partial charge in [-0.15, -0.1) is 11.3 Å². The molecule has 0 aliphatic carbocycles. The number of thiophene rings is 1. The topological polar surface area (TPSA) is 55.1 Å². The molecule has 1 unspecified atom stereocenters. The second-order valence-corrected chi connectivity index (χ2v) is 5.12. The lowest BCUT2D eigenvalue weighted by molar-refractivity contribution is -0.120. The maximum atomic E-state index is 11.3. The lowest BCUT2D eigenvalue weighted by Crippen LogP contribution is -2.34. The van der Waals surface area contributed by atoms with Crippen LogP contribution in [0.5, 0.6) is 0 Å². The van der Waals surface area contributed by atoms with E-state index < -0.39 is 0 Å². The molecule has 0 aliphatic heterocycles. The Morgan fingerprint density at radius 3 is 2.67 bits per heavy atom. The second kappa shape index (κ2) is 5.28. The van der Waals surface area contributed by atoms with Crippen molar-refractivity contribution in [3.05, 3.63) is 21.4 Å². The van der Waals surface area contributed by atoms with Crippen LogP contribution in [0.15, 0.2) is 6.07 Å². The largest absolute Gasteiger partial charge is 0.368 e. The molecule has 1 aromatic rings. The molecular formula is C11H18N2OS. The van der Waals surface area contributed by atoms with Gasteiger partial charge in [0.1, 0.15) is 6.04 Å². The normalized spacial score (nSPS) is 12.7. The van der Waals surface area contributed by atoms with Crippen LogP contribution >= 0.6 is 11.3 Å². The lowest BCUT2D eigenvalue weighted by atomic mass is 10.1. The van der Waals surface area contributed by atoms with Gasteiger partial charge in [0, 0.05) is 9.75 Å². The van der Waals surface area contributed by atoms with Gasteiger partial charge in [0.2, 0.25) is 5.91 Å². The highest BCUT2D eigenvalue weighted by atomic mass is 32.1. The average molecular weight is 226 g/mol. The number of nitrogens with two attached hydrogens (primary N) is 1. The van der Waals surface area contributed by atoms with Crippen LogP contribution in [0.2, 0.25) is 0 Å². The first-order valence-corrected chi connectivity index (χ1v) is 5.97. The quantitative estimate of drug-likeness (QED) is 0.805. The van der Waals surface area contributed by atoms with Crippen LogP contribution in [-0.4, -0.2) is 12.5 Å². The summed E-state index contributed by atoms with van der Waals surface area (Å²) >= 11 is 1.70. The molecule has 15 heavy (non-hydrogen) atoms. The van der Waals surface area contributed by atoms with E-state index in [0.29, 0.717) is 0 Å². The smallest absolute Gasteiger partial charge is 0.239 e. The predicted molar refractivity (Wildman–Crippen MR) is 64.0 cm³/mol. The Labute approximate surface area is 94.7 Å². The highest BCUT2D eigenvalue weighted by Crippen LogP contribution is 2.26. The van der Waals surface area contributed by atoms with E-state index in [0.717, 1.165) is 18.5 Å². The van der Waals surface area contributed by atoms with Gasteiger partial charge in [-0.2, -0.15) is 0 Å². The van der Waals surface area contributed by atoms with Gasteiger partial charge in [-0.1, -0.05) is 6.92 Å². The Bertz CT molecular complexity index is 346. The number of rotatable bonds is 5. The molecular weight excluding hydrogens is 208 g/mol. The standard InChI is InChI=1S/C11H18N2OS/c1-4-5-13-10(11(12)14)9-6-7(2)15-8(9)3/h6,10,13H,4-5H2,1-3H3,(H2,12,14). The fourth-order valence-corrected chi connectivity index (χ4v) is 2.55. The SMILES string of the molecule is CCCNC(C(N)=O)c1cc(C)sc1C. The summed E-state index contributed by atoms with van der Waals surface area (Å²) in [6, 6.07) is 1.70. The molecule has 1 aromatic heterocycles.